The molecule has 106 valence electrons. The highest BCUT2D eigenvalue weighted by atomic mass is 79.9. The van der Waals surface area contributed by atoms with Gasteiger partial charge in [0.1, 0.15) is 5.82 Å². The minimum atomic E-state index is -0.622. The summed E-state index contributed by atoms with van der Waals surface area (Å²) in [5.74, 6) is -0.299. The predicted octanol–water partition coefficient (Wildman–Crippen LogP) is 2.55. The molecule has 0 aromatic heterocycles. The summed E-state index contributed by atoms with van der Waals surface area (Å²) in [4.78, 5) is 11.5. The van der Waals surface area contributed by atoms with Gasteiger partial charge in [-0.15, -0.1) is 12.4 Å². The third kappa shape index (κ3) is 4.44. The molecule has 6 heteroatoms. The Morgan fingerprint density at radius 2 is 2.16 bits per heavy atom. The zero-order valence-electron chi connectivity index (χ0n) is 10.4. The molecule has 2 rings (SSSR count). The van der Waals surface area contributed by atoms with Crippen molar-refractivity contribution >= 4 is 34.2 Å². The molecule has 1 aliphatic carbocycles. The van der Waals surface area contributed by atoms with Gasteiger partial charge in [0.05, 0.1) is 5.54 Å². The van der Waals surface area contributed by atoms with E-state index < -0.39 is 5.54 Å². The largest absolute Gasteiger partial charge is 0.354 e. The van der Waals surface area contributed by atoms with Crippen LogP contribution in [0.2, 0.25) is 0 Å². The smallest absolute Gasteiger partial charge is 0.240 e. The average Bonchev–Trinajstić information content (AvgIpc) is 3.06. The van der Waals surface area contributed by atoms with Crippen molar-refractivity contribution in [3.63, 3.8) is 0 Å². The summed E-state index contributed by atoms with van der Waals surface area (Å²) in [6.45, 7) is 0.535. The molecule has 1 fully saturated rings. The number of nitrogens with two attached hydrogens (primary N) is 1. The van der Waals surface area contributed by atoms with Gasteiger partial charge in [-0.3, -0.25) is 4.79 Å². The minimum Gasteiger partial charge on any atom is -0.354 e. The molecule has 3 N–H and O–H groups in total. The molecule has 0 bridgehead atoms. The lowest BCUT2D eigenvalue weighted by molar-refractivity contribution is -0.123. The van der Waals surface area contributed by atoms with Crippen molar-refractivity contribution in [1.82, 2.24) is 5.32 Å². The van der Waals surface area contributed by atoms with E-state index in [-0.39, 0.29) is 24.1 Å². The molecule has 1 saturated carbocycles. The van der Waals surface area contributed by atoms with E-state index in [0.29, 0.717) is 24.9 Å². The molecule has 1 aromatic rings. The molecule has 1 amide bonds. The minimum absolute atomic E-state index is 0. The molecule has 0 radical (unpaired) electrons. The van der Waals surface area contributed by atoms with Crippen LogP contribution in [0, 0.1) is 5.82 Å². The Balaban J connectivity index is 0.00000180. The number of carbonyl (C=O) groups is 1. The molecule has 19 heavy (non-hydrogen) atoms. The highest BCUT2D eigenvalue weighted by molar-refractivity contribution is 9.10. The Morgan fingerprint density at radius 1 is 1.47 bits per heavy atom. The van der Waals surface area contributed by atoms with E-state index in [2.05, 4.69) is 21.2 Å². The average molecular weight is 352 g/mol. The number of nitrogens with one attached hydrogen (secondary N) is 1. The maximum Gasteiger partial charge on any atom is 0.240 e. The van der Waals surface area contributed by atoms with E-state index in [0.717, 1.165) is 17.3 Å². The van der Waals surface area contributed by atoms with Crippen LogP contribution in [0.1, 0.15) is 24.8 Å². The quantitative estimate of drug-likeness (QED) is 0.801. The summed E-state index contributed by atoms with van der Waals surface area (Å²) in [6, 6.07) is 5.02. The van der Waals surface area contributed by atoms with Gasteiger partial charge in [-0.1, -0.05) is 22.0 Å². The maximum absolute atomic E-state index is 13.5. The summed E-state index contributed by atoms with van der Waals surface area (Å²) in [6.07, 6.45) is 2.84. The van der Waals surface area contributed by atoms with E-state index in [1.165, 1.54) is 6.07 Å². The van der Waals surface area contributed by atoms with E-state index in [9.17, 15) is 9.18 Å². The van der Waals surface area contributed by atoms with Gasteiger partial charge in [0.25, 0.3) is 0 Å². The van der Waals surface area contributed by atoms with Crippen LogP contribution in [0.4, 0.5) is 4.39 Å². The van der Waals surface area contributed by atoms with Crippen molar-refractivity contribution in [3.05, 3.63) is 34.1 Å². The van der Waals surface area contributed by atoms with Gasteiger partial charge in [0, 0.05) is 11.0 Å². The predicted molar refractivity (Wildman–Crippen MR) is 78.8 cm³/mol. The van der Waals surface area contributed by atoms with E-state index >= 15 is 0 Å². The van der Waals surface area contributed by atoms with Gasteiger partial charge in [-0.05, 0) is 43.4 Å². The highest BCUT2D eigenvalue weighted by Gasteiger charge is 2.45. The lowest BCUT2D eigenvalue weighted by atomic mass is 10.1. The third-order valence-corrected chi connectivity index (χ3v) is 3.66. The Morgan fingerprint density at radius 3 is 2.74 bits per heavy atom. The van der Waals surface area contributed by atoms with Gasteiger partial charge in [-0.25, -0.2) is 4.39 Å². The summed E-state index contributed by atoms with van der Waals surface area (Å²) in [7, 11) is 0. The van der Waals surface area contributed by atoms with Crippen LogP contribution < -0.4 is 11.1 Å². The van der Waals surface area contributed by atoms with E-state index in [1.54, 1.807) is 6.07 Å². The second kappa shape index (κ2) is 6.68. The lowest BCUT2D eigenvalue weighted by Crippen LogP contribution is -2.43. The number of halogens is 3. The van der Waals surface area contributed by atoms with Crippen LogP contribution in [-0.4, -0.2) is 18.0 Å². The Bertz CT molecular complexity index is 466. The van der Waals surface area contributed by atoms with Crippen molar-refractivity contribution in [2.45, 2.75) is 31.2 Å². The standard InChI is InChI=1S/C13H16BrFN2O.ClH/c14-10-4-3-9(11(15)8-10)2-1-7-17-12(18)13(16)5-6-13;/h3-4,8H,1-2,5-7,16H2,(H,17,18);1H. The Kier molecular flexibility index (Phi) is 5.77. The molecule has 0 atom stereocenters. The zero-order valence-corrected chi connectivity index (χ0v) is 12.8. The van der Waals surface area contributed by atoms with Gasteiger partial charge in [0.2, 0.25) is 5.91 Å². The first-order valence-electron chi connectivity index (χ1n) is 6.02. The monoisotopic (exact) mass is 350 g/mol. The van der Waals surface area contributed by atoms with Crippen LogP contribution in [0.3, 0.4) is 0 Å². The second-order valence-corrected chi connectivity index (χ2v) is 5.67. The first kappa shape index (κ1) is 16.4. The first-order chi connectivity index (χ1) is 8.51. The number of hydrogen-bond acceptors (Lipinski definition) is 2. The zero-order chi connectivity index (χ0) is 13.2. The number of aryl methyl sites for hydroxylation is 1. The maximum atomic E-state index is 13.5. The molecule has 0 saturated heterocycles. The van der Waals surface area contributed by atoms with Crippen LogP contribution in [0.15, 0.2) is 22.7 Å². The van der Waals surface area contributed by atoms with Crippen LogP contribution in [0.5, 0.6) is 0 Å². The fourth-order valence-electron chi connectivity index (χ4n) is 1.74. The summed E-state index contributed by atoms with van der Waals surface area (Å²) in [5, 5.41) is 2.79. The molecule has 0 aliphatic heterocycles. The van der Waals surface area contributed by atoms with E-state index in [4.69, 9.17) is 5.73 Å². The van der Waals surface area contributed by atoms with Crippen molar-refractivity contribution < 1.29 is 9.18 Å². The molecule has 1 aliphatic rings. The molecular weight excluding hydrogens is 335 g/mol. The molecule has 0 unspecified atom stereocenters. The van der Waals surface area contributed by atoms with Crippen LogP contribution in [0.25, 0.3) is 0 Å². The normalized spacial score (nSPS) is 15.5. The van der Waals surface area contributed by atoms with Crippen LogP contribution >= 0.6 is 28.3 Å². The Labute approximate surface area is 126 Å². The van der Waals surface area contributed by atoms with Gasteiger partial charge < -0.3 is 11.1 Å². The third-order valence-electron chi connectivity index (χ3n) is 3.16. The first-order valence-corrected chi connectivity index (χ1v) is 6.82. The van der Waals surface area contributed by atoms with Crippen molar-refractivity contribution in [2.24, 2.45) is 5.73 Å². The summed E-state index contributed by atoms with van der Waals surface area (Å²) < 4.78 is 14.2. The SMILES string of the molecule is Cl.NC1(C(=O)NCCCc2ccc(Br)cc2F)CC1. The molecule has 0 heterocycles. The summed E-state index contributed by atoms with van der Waals surface area (Å²) >= 11 is 3.22. The molecule has 0 spiro atoms. The van der Waals surface area contributed by atoms with Crippen LogP contribution in [-0.2, 0) is 11.2 Å². The number of carbonyl (C=O) groups excluding carboxylic acids is 1. The van der Waals surface area contributed by atoms with Crippen molar-refractivity contribution in [2.75, 3.05) is 6.54 Å². The second-order valence-electron chi connectivity index (χ2n) is 4.75. The summed E-state index contributed by atoms with van der Waals surface area (Å²) in [5.41, 5.74) is 5.79. The van der Waals surface area contributed by atoms with Gasteiger partial charge in [0.15, 0.2) is 0 Å². The number of amides is 1. The number of rotatable bonds is 5. The lowest BCUT2D eigenvalue weighted by Gasteiger charge is -2.10. The topological polar surface area (TPSA) is 55.1 Å². The van der Waals surface area contributed by atoms with Gasteiger partial charge in [-0.2, -0.15) is 0 Å². The number of hydrogen-bond donors (Lipinski definition) is 2. The van der Waals surface area contributed by atoms with E-state index in [1.807, 2.05) is 6.07 Å². The van der Waals surface area contributed by atoms with Gasteiger partial charge >= 0.3 is 0 Å². The fourth-order valence-corrected chi connectivity index (χ4v) is 2.08. The fraction of sp³-hybridized carbons (Fsp3) is 0.462. The van der Waals surface area contributed by atoms with Crippen molar-refractivity contribution in [3.8, 4) is 0 Å². The molecular formula is C13H17BrClFN2O. The number of benzene rings is 1. The highest BCUT2D eigenvalue weighted by Crippen LogP contribution is 2.32. The molecule has 3 nitrogen and oxygen atoms in total. The Hall–Kier alpha value is -0.650. The van der Waals surface area contributed by atoms with Crippen molar-refractivity contribution in [1.29, 1.82) is 0 Å². The molecule has 1 aromatic carbocycles.